The average Bonchev–Trinajstić information content (AvgIpc) is 2.59. The molecule has 0 fully saturated rings. The number of nitrogens with one attached hydrogen (secondary N) is 1. The van der Waals surface area contributed by atoms with Crippen LogP contribution in [0.4, 0.5) is 0 Å². The molecule has 0 aromatic heterocycles. The zero-order valence-electron chi connectivity index (χ0n) is 13.3. The van der Waals surface area contributed by atoms with E-state index in [2.05, 4.69) is 5.32 Å². The van der Waals surface area contributed by atoms with E-state index < -0.39 is 13.7 Å². The summed E-state index contributed by atoms with van der Waals surface area (Å²) in [6.45, 7) is -0.219. The Morgan fingerprint density at radius 2 is 1.92 bits per heavy atom. The number of para-hydroxylation sites is 1. The summed E-state index contributed by atoms with van der Waals surface area (Å²) in [5.41, 5.74) is 0.230. The Labute approximate surface area is 150 Å². The summed E-state index contributed by atoms with van der Waals surface area (Å²) in [6.07, 6.45) is 0. The molecule has 2 aromatic rings. The molecule has 25 heavy (non-hydrogen) atoms. The SMILES string of the molecule is COc1ccc(Cl)c(C(=O)NCCOP(=O)(O)Oc2ccccc2)c1. The van der Waals surface area contributed by atoms with Gasteiger partial charge in [-0.3, -0.25) is 14.2 Å². The third-order valence-corrected chi connectivity index (χ3v) is 4.30. The van der Waals surface area contributed by atoms with E-state index in [4.69, 9.17) is 25.4 Å². The van der Waals surface area contributed by atoms with Gasteiger partial charge in [0.25, 0.3) is 5.91 Å². The lowest BCUT2D eigenvalue weighted by atomic mass is 10.2. The molecule has 2 aromatic carbocycles. The maximum absolute atomic E-state index is 12.1. The molecule has 0 aliphatic rings. The second-order valence-corrected chi connectivity index (χ2v) is 6.59. The molecular weight excluding hydrogens is 369 g/mol. The number of carbonyl (C=O) groups excluding carboxylic acids is 1. The smallest absolute Gasteiger partial charge is 0.497 e. The van der Waals surface area contributed by atoms with E-state index in [0.717, 1.165) is 0 Å². The predicted octanol–water partition coefficient (Wildman–Crippen LogP) is 3.27. The van der Waals surface area contributed by atoms with Crippen molar-refractivity contribution in [1.29, 1.82) is 0 Å². The van der Waals surface area contributed by atoms with Crippen molar-refractivity contribution in [3.8, 4) is 11.5 Å². The Bertz CT molecular complexity index is 770. The van der Waals surface area contributed by atoms with Crippen molar-refractivity contribution in [2.24, 2.45) is 0 Å². The maximum atomic E-state index is 12.1. The van der Waals surface area contributed by atoms with Crippen molar-refractivity contribution in [2.75, 3.05) is 20.3 Å². The van der Waals surface area contributed by atoms with Gasteiger partial charge in [0.2, 0.25) is 0 Å². The average molecular weight is 386 g/mol. The van der Waals surface area contributed by atoms with E-state index in [1.54, 1.807) is 30.3 Å². The van der Waals surface area contributed by atoms with Crippen LogP contribution < -0.4 is 14.6 Å². The lowest BCUT2D eigenvalue weighted by Gasteiger charge is -2.13. The standard InChI is InChI=1S/C16H17ClNO6P/c1-22-13-7-8-15(17)14(11-13)16(19)18-9-10-23-25(20,21)24-12-5-3-2-4-6-12/h2-8,11H,9-10H2,1H3,(H,18,19)(H,20,21). The molecule has 0 heterocycles. The number of halogens is 1. The van der Waals surface area contributed by atoms with Gasteiger partial charge in [0.05, 0.1) is 24.3 Å². The highest BCUT2D eigenvalue weighted by atomic mass is 35.5. The molecule has 0 spiro atoms. The molecule has 9 heteroatoms. The second kappa shape index (κ2) is 8.87. The van der Waals surface area contributed by atoms with E-state index in [1.165, 1.54) is 25.3 Å². The summed E-state index contributed by atoms with van der Waals surface area (Å²) in [7, 11) is -2.79. The van der Waals surface area contributed by atoms with Crippen molar-refractivity contribution < 1.29 is 28.0 Å². The molecule has 134 valence electrons. The van der Waals surface area contributed by atoms with Gasteiger partial charge in [-0.15, -0.1) is 0 Å². The Morgan fingerprint density at radius 1 is 1.20 bits per heavy atom. The number of methoxy groups -OCH3 is 1. The van der Waals surface area contributed by atoms with Gasteiger partial charge < -0.3 is 14.6 Å². The lowest BCUT2D eigenvalue weighted by molar-refractivity contribution is 0.0941. The largest absolute Gasteiger partial charge is 0.527 e. The molecule has 1 unspecified atom stereocenters. The number of benzene rings is 2. The minimum absolute atomic E-state index is 0.00489. The zero-order valence-corrected chi connectivity index (χ0v) is 15.0. The van der Waals surface area contributed by atoms with Crippen LogP contribution in [0.15, 0.2) is 48.5 Å². The molecule has 0 aliphatic carbocycles. The van der Waals surface area contributed by atoms with E-state index in [1.807, 2.05) is 0 Å². The predicted molar refractivity (Wildman–Crippen MR) is 93.2 cm³/mol. The van der Waals surface area contributed by atoms with Gasteiger partial charge in [0.15, 0.2) is 0 Å². The Kier molecular flexibility index (Phi) is 6.84. The van der Waals surface area contributed by atoms with E-state index in [-0.39, 0.29) is 29.5 Å². The molecule has 1 atom stereocenters. The maximum Gasteiger partial charge on any atom is 0.527 e. The molecule has 2 N–H and O–H groups in total. The van der Waals surface area contributed by atoms with Gasteiger partial charge in [-0.05, 0) is 30.3 Å². The molecular formula is C16H17ClNO6P. The van der Waals surface area contributed by atoms with Crippen LogP contribution >= 0.6 is 19.4 Å². The fraction of sp³-hybridized carbons (Fsp3) is 0.188. The lowest BCUT2D eigenvalue weighted by Crippen LogP contribution is -2.27. The van der Waals surface area contributed by atoms with Crippen molar-refractivity contribution in [1.82, 2.24) is 5.32 Å². The highest BCUT2D eigenvalue weighted by molar-refractivity contribution is 7.47. The summed E-state index contributed by atoms with van der Waals surface area (Å²) in [5.74, 6) is 0.242. The summed E-state index contributed by atoms with van der Waals surface area (Å²) < 4.78 is 26.5. The van der Waals surface area contributed by atoms with Crippen molar-refractivity contribution in [2.45, 2.75) is 0 Å². The Hall–Kier alpha value is -2.05. The van der Waals surface area contributed by atoms with Crippen LogP contribution in [0, 0.1) is 0 Å². The van der Waals surface area contributed by atoms with Crippen LogP contribution in [0.5, 0.6) is 11.5 Å². The van der Waals surface area contributed by atoms with Crippen molar-refractivity contribution in [3.63, 3.8) is 0 Å². The van der Waals surface area contributed by atoms with Gasteiger partial charge in [0, 0.05) is 6.54 Å². The van der Waals surface area contributed by atoms with E-state index >= 15 is 0 Å². The third kappa shape index (κ3) is 6.07. The number of rotatable bonds is 8. The van der Waals surface area contributed by atoms with Gasteiger partial charge >= 0.3 is 7.82 Å². The summed E-state index contributed by atoms with van der Waals surface area (Å²) in [4.78, 5) is 21.7. The molecule has 0 radical (unpaired) electrons. The molecule has 2 rings (SSSR count). The fourth-order valence-corrected chi connectivity index (χ4v) is 2.83. The van der Waals surface area contributed by atoms with Gasteiger partial charge in [0.1, 0.15) is 11.5 Å². The first kappa shape index (κ1) is 19.3. The second-order valence-electron chi connectivity index (χ2n) is 4.81. The molecule has 0 saturated carbocycles. The van der Waals surface area contributed by atoms with Crippen molar-refractivity contribution >= 4 is 25.3 Å². The summed E-state index contributed by atoms with van der Waals surface area (Å²) in [5, 5.41) is 2.80. The number of hydrogen-bond acceptors (Lipinski definition) is 5. The topological polar surface area (TPSA) is 94.1 Å². The van der Waals surface area contributed by atoms with E-state index in [0.29, 0.717) is 5.75 Å². The summed E-state index contributed by atoms with van der Waals surface area (Å²) in [6, 6.07) is 12.8. The van der Waals surface area contributed by atoms with Crippen LogP contribution in [0.3, 0.4) is 0 Å². The number of carbonyl (C=O) groups is 1. The number of hydrogen-bond donors (Lipinski definition) is 2. The quantitative estimate of drug-likeness (QED) is 0.535. The van der Waals surface area contributed by atoms with Gasteiger partial charge in [-0.1, -0.05) is 29.8 Å². The highest BCUT2D eigenvalue weighted by Crippen LogP contribution is 2.43. The van der Waals surface area contributed by atoms with Crippen LogP contribution in [-0.2, 0) is 9.09 Å². The first-order valence-electron chi connectivity index (χ1n) is 7.25. The number of phosphoric acid groups is 1. The minimum atomic E-state index is -4.27. The molecule has 0 bridgehead atoms. The first-order chi connectivity index (χ1) is 11.9. The van der Waals surface area contributed by atoms with Gasteiger partial charge in [-0.25, -0.2) is 4.57 Å². The third-order valence-electron chi connectivity index (χ3n) is 3.02. The molecule has 0 saturated heterocycles. The molecule has 1 amide bonds. The van der Waals surface area contributed by atoms with E-state index in [9.17, 15) is 14.3 Å². The number of ether oxygens (including phenoxy) is 1. The van der Waals surface area contributed by atoms with Crippen LogP contribution in [0.2, 0.25) is 5.02 Å². The fourth-order valence-electron chi connectivity index (χ4n) is 1.87. The molecule has 7 nitrogen and oxygen atoms in total. The highest BCUT2D eigenvalue weighted by Gasteiger charge is 2.22. The van der Waals surface area contributed by atoms with Crippen LogP contribution in [0.25, 0.3) is 0 Å². The first-order valence-corrected chi connectivity index (χ1v) is 9.12. The Morgan fingerprint density at radius 3 is 2.60 bits per heavy atom. The van der Waals surface area contributed by atoms with Crippen LogP contribution in [0.1, 0.15) is 10.4 Å². The normalized spacial score (nSPS) is 12.9. The number of amides is 1. The van der Waals surface area contributed by atoms with Crippen LogP contribution in [-0.4, -0.2) is 31.1 Å². The minimum Gasteiger partial charge on any atom is -0.497 e. The van der Waals surface area contributed by atoms with Gasteiger partial charge in [-0.2, -0.15) is 0 Å². The molecule has 0 aliphatic heterocycles. The summed E-state index contributed by atoms with van der Waals surface area (Å²) >= 11 is 5.97. The monoisotopic (exact) mass is 385 g/mol. The van der Waals surface area contributed by atoms with Crippen molar-refractivity contribution in [3.05, 3.63) is 59.1 Å². The zero-order chi connectivity index (χ0) is 18.3. The Balaban J connectivity index is 1.82. The number of phosphoric ester groups is 1.